The molecule has 1 heterocycles. The molecule has 0 unspecified atom stereocenters. The monoisotopic (exact) mass is 330 g/mol. The average molecular weight is 330 g/mol. The van der Waals surface area contributed by atoms with E-state index in [-0.39, 0.29) is 5.75 Å². The van der Waals surface area contributed by atoms with Crippen LogP contribution in [0.5, 0.6) is 5.75 Å². The fourth-order valence-corrected chi connectivity index (χ4v) is 2.82. The maximum atomic E-state index is 9.45. The summed E-state index contributed by atoms with van der Waals surface area (Å²) in [4.78, 5) is 4.57. The van der Waals surface area contributed by atoms with Gasteiger partial charge in [0.25, 0.3) is 0 Å². The Bertz CT molecular complexity index is 705. The molecular weight excluding hydrogens is 304 g/mol. The van der Waals surface area contributed by atoms with E-state index in [0.717, 1.165) is 26.5 Å². The van der Waals surface area contributed by atoms with Crippen LogP contribution in [0.15, 0.2) is 42.5 Å². The molecule has 2 aromatic carbocycles. The average Bonchev–Trinajstić information content (AvgIpc) is 3.00. The Balaban J connectivity index is 0.000000477. The first-order valence-corrected chi connectivity index (χ1v) is 8.87. The van der Waals surface area contributed by atoms with Crippen LogP contribution in [0.3, 0.4) is 0 Å². The van der Waals surface area contributed by atoms with Gasteiger partial charge in [-0.15, -0.1) is 11.3 Å². The number of nitrogens with zero attached hydrogens (tertiary/aromatic N) is 1. The Morgan fingerprint density at radius 3 is 2.22 bits per heavy atom. The van der Waals surface area contributed by atoms with Crippen molar-refractivity contribution >= 4 is 27.2 Å². The highest BCUT2D eigenvalue weighted by molar-refractivity contribution is 7.21. The summed E-state index contributed by atoms with van der Waals surface area (Å²) in [5.41, 5.74) is 3.10. The predicted molar refractivity (Wildman–Crippen MR) is 104 cm³/mol. The molecule has 124 valence electrons. The van der Waals surface area contributed by atoms with E-state index in [1.807, 2.05) is 51.2 Å². The fourth-order valence-electron chi connectivity index (χ4n) is 1.82. The number of phenolic OH excluding ortho intramolecular Hbond substituents is 1. The summed E-state index contributed by atoms with van der Waals surface area (Å²) in [6, 6.07) is 13.4. The van der Waals surface area contributed by atoms with E-state index < -0.39 is 0 Å². The number of fused-ring (bicyclic) bond motifs is 1. The van der Waals surface area contributed by atoms with E-state index in [2.05, 4.69) is 24.1 Å². The molecule has 0 radical (unpaired) electrons. The molecule has 0 saturated carbocycles. The highest BCUT2D eigenvalue weighted by Gasteiger charge is 2.06. The standard InChI is InChI=1S/C14H12N2OS.C3H8.C2H6/c1-15-10-4-2-9(3-5-10)14-16-12-7-6-11(17)8-13(12)18-14;1-3-2;1-2/h2-8,15,17H,1H3;3H2,1-2H3;1-2H3. The van der Waals surface area contributed by atoms with E-state index in [9.17, 15) is 5.11 Å². The van der Waals surface area contributed by atoms with Crippen molar-refractivity contribution in [1.29, 1.82) is 0 Å². The third kappa shape index (κ3) is 5.25. The van der Waals surface area contributed by atoms with Gasteiger partial charge in [0.2, 0.25) is 0 Å². The minimum Gasteiger partial charge on any atom is -0.508 e. The van der Waals surface area contributed by atoms with Crippen LogP contribution in [0, 0.1) is 0 Å². The number of hydrogen-bond acceptors (Lipinski definition) is 4. The van der Waals surface area contributed by atoms with Crippen molar-refractivity contribution in [2.24, 2.45) is 0 Å². The van der Waals surface area contributed by atoms with Crippen LogP contribution in [0.25, 0.3) is 20.8 Å². The number of anilines is 1. The van der Waals surface area contributed by atoms with Gasteiger partial charge in [0.1, 0.15) is 10.8 Å². The summed E-state index contributed by atoms with van der Waals surface area (Å²) >= 11 is 1.59. The Morgan fingerprint density at radius 2 is 1.65 bits per heavy atom. The SMILES string of the molecule is CC.CCC.CNc1ccc(-c2nc3ccc(O)cc3s2)cc1. The van der Waals surface area contributed by atoms with Gasteiger partial charge >= 0.3 is 0 Å². The molecule has 0 spiro atoms. The zero-order valence-electron chi connectivity index (χ0n) is 14.6. The highest BCUT2D eigenvalue weighted by Crippen LogP contribution is 2.32. The zero-order chi connectivity index (χ0) is 17.2. The van der Waals surface area contributed by atoms with Crippen LogP contribution in [-0.4, -0.2) is 17.1 Å². The second-order valence-electron chi connectivity index (χ2n) is 4.71. The number of benzene rings is 2. The van der Waals surface area contributed by atoms with E-state index >= 15 is 0 Å². The van der Waals surface area contributed by atoms with Gasteiger partial charge in [-0.25, -0.2) is 4.98 Å². The Labute approximate surface area is 143 Å². The van der Waals surface area contributed by atoms with Crippen LogP contribution in [0.1, 0.15) is 34.1 Å². The third-order valence-electron chi connectivity index (χ3n) is 2.79. The highest BCUT2D eigenvalue weighted by atomic mass is 32.1. The number of thiazole rings is 1. The number of hydrogen-bond donors (Lipinski definition) is 2. The normalized spacial score (nSPS) is 9.43. The summed E-state index contributed by atoms with van der Waals surface area (Å²) in [6.45, 7) is 8.25. The van der Waals surface area contributed by atoms with Crippen molar-refractivity contribution in [2.75, 3.05) is 12.4 Å². The molecule has 4 heteroatoms. The van der Waals surface area contributed by atoms with Gasteiger partial charge in [0.05, 0.1) is 10.2 Å². The molecule has 0 saturated heterocycles. The van der Waals surface area contributed by atoms with Crippen molar-refractivity contribution < 1.29 is 5.11 Å². The number of aromatic hydroxyl groups is 1. The van der Waals surface area contributed by atoms with E-state index in [1.165, 1.54) is 6.42 Å². The number of phenols is 1. The van der Waals surface area contributed by atoms with E-state index in [1.54, 1.807) is 23.5 Å². The Kier molecular flexibility index (Phi) is 8.13. The lowest BCUT2D eigenvalue weighted by Gasteiger charge is -2.00. The van der Waals surface area contributed by atoms with E-state index in [4.69, 9.17) is 0 Å². The number of aromatic nitrogens is 1. The minimum atomic E-state index is 0.281. The van der Waals surface area contributed by atoms with E-state index in [0.29, 0.717) is 0 Å². The van der Waals surface area contributed by atoms with Gasteiger partial charge in [-0.3, -0.25) is 0 Å². The molecule has 0 atom stereocenters. The van der Waals surface area contributed by atoms with Gasteiger partial charge in [-0.05, 0) is 42.5 Å². The summed E-state index contributed by atoms with van der Waals surface area (Å²) in [5, 5.41) is 13.5. The maximum absolute atomic E-state index is 9.45. The van der Waals surface area contributed by atoms with Crippen LogP contribution in [0.4, 0.5) is 5.69 Å². The van der Waals surface area contributed by atoms with Crippen molar-refractivity contribution in [1.82, 2.24) is 4.98 Å². The molecule has 3 rings (SSSR count). The van der Waals surface area contributed by atoms with Crippen LogP contribution >= 0.6 is 11.3 Å². The molecule has 3 aromatic rings. The van der Waals surface area contributed by atoms with Gasteiger partial charge in [0.15, 0.2) is 0 Å². The summed E-state index contributed by atoms with van der Waals surface area (Å²) in [7, 11) is 1.90. The molecular formula is C19H26N2OS. The van der Waals surface area contributed by atoms with Gasteiger partial charge in [-0.1, -0.05) is 34.1 Å². The minimum absolute atomic E-state index is 0.281. The molecule has 0 bridgehead atoms. The van der Waals surface area contributed by atoms with Crippen molar-refractivity contribution in [3.63, 3.8) is 0 Å². The zero-order valence-corrected chi connectivity index (χ0v) is 15.4. The first kappa shape index (κ1) is 19.0. The molecule has 0 aliphatic rings. The lowest BCUT2D eigenvalue weighted by atomic mass is 10.2. The maximum Gasteiger partial charge on any atom is 0.124 e. The third-order valence-corrected chi connectivity index (χ3v) is 3.86. The molecule has 0 fully saturated rings. The molecule has 23 heavy (non-hydrogen) atoms. The number of nitrogens with one attached hydrogen (secondary N) is 1. The van der Waals surface area contributed by atoms with Gasteiger partial charge in [0, 0.05) is 18.3 Å². The van der Waals surface area contributed by atoms with Crippen molar-refractivity contribution in [3.8, 4) is 16.3 Å². The van der Waals surface area contributed by atoms with Crippen molar-refractivity contribution in [2.45, 2.75) is 34.1 Å². The molecule has 2 N–H and O–H groups in total. The first-order valence-electron chi connectivity index (χ1n) is 8.05. The molecule has 0 aliphatic carbocycles. The largest absolute Gasteiger partial charge is 0.508 e. The first-order chi connectivity index (χ1) is 11.2. The molecule has 0 amide bonds. The summed E-state index contributed by atoms with van der Waals surface area (Å²) in [5.74, 6) is 0.281. The smallest absolute Gasteiger partial charge is 0.124 e. The lowest BCUT2D eigenvalue weighted by Crippen LogP contribution is -1.86. The Morgan fingerprint density at radius 1 is 1.04 bits per heavy atom. The summed E-state index contributed by atoms with van der Waals surface area (Å²) in [6.07, 6.45) is 1.25. The van der Waals surface area contributed by atoms with Gasteiger partial charge in [-0.2, -0.15) is 0 Å². The second-order valence-corrected chi connectivity index (χ2v) is 5.74. The quantitative estimate of drug-likeness (QED) is 0.592. The van der Waals surface area contributed by atoms with Crippen LogP contribution in [-0.2, 0) is 0 Å². The molecule has 0 aliphatic heterocycles. The predicted octanol–water partition coefficient (Wildman–Crippen LogP) is 6.15. The molecule has 3 nitrogen and oxygen atoms in total. The second kappa shape index (κ2) is 9.85. The topological polar surface area (TPSA) is 45.2 Å². The number of rotatable bonds is 2. The van der Waals surface area contributed by atoms with Gasteiger partial charge < -0.3 is 10.4 Å². The Hall–Kier alpha value is -2.07. The van der Waals surface area contributed by atoms with Crippen LogP contribution in [0.2, 0.25) is 0 Å². The van der Waals surface area contributed by atoms with Crippen LogP contribution < -0.4 is 5.32 Å². The lowest BCUT2D eigenvalue weighted by molar-refractivity contribution is 0.476. The summed E-state index contributed by atoms with van der Waals surface area (Å²) < 4.78 is 1.00. The van der Waals surface area contributed by atoms with Crippen molar-refractivity contribution in [3.05, 3.63) is 42.5 Å². The molecule has 1 aromatic heterocycles. The fraction of sp³-hybridized carbons (Fsp3) is 0.316.